The van der Waals surface area contributed by atoms with Gasteiger partial charge in [-0.15, -0.1) is 0 Å². The van der Waals surface area contributed by atoms with Crippen LogP contribution in [0.3, 0.4) is 0 Å². The summed E-state index contributed by atoms with van der Waals surface area (Å²) in [6.45, 7) is 1.06. The van der Waals surface area contributed by atoms with E-state index >= 15 is 0 Å². The molecule has 0 bridgehead atoms. The lowest BCUT2D eigenvalue weighted by molar-refractivity contribution is 0.0155. The Labute approximate surface area is 138 Å². The Morgan fingerprint density at radius 2 is 2.17 bits per heavy atom. The molecule has 0 atom stereocenters. The van der Waals surface area contributed by atoms with Gasteiger partial charge in [0, 0.05) is 11.6 Å². The van der Waals surface area contributed by atoms with Gasteiger partial charge < -0.3 is 18.8 Å². The molecule has 0 saturated carbocycles. The predicted octanol–water partition coefficient (Wildman–Crippen LogP) is 2.74. The maximum Gasteiger partial charge on any atom is 0.289 e. The number of fused-ring (bicyclic) bond motifs is 1. The number of para-hydroxylation sites is 1. The fourth-order valence-corrected chi connectivity index (χ4v) is 2.75. The van der Waals surface area contributed by atoms with E-state index in [9.17, 15) is 4.79 Å². The van der Waals surface area contributed by atoms with Gasteiger partial charge in [0.15, 0.2) is 17.1 Å². The lowest BCUT2D eigenvalue weighted by Gasteiger charge is -2.38. The molecule has 6 nitrogen and oxygen atoms in total. The quantitative estimate of drug-likeness (QED) is 0.738. The van der Waals surface area contributed by atoms with E-state index in [1.165, 1.54) is 0 Å². The van der Waals surface area contributed by atoms with Gasteiger partial charge in [0.2, 0.25) is 0 Å². The topological polar surface area (TPSA) is 64.8 Å². The SMILES string of the molecule is COc1cccc2cc(C(=O)N3CC(Oc4cccnc4)C3)oc12. The van der Waals surface area contributed by atoms with Crippen molar-refractivity contribution in [1.29, 1.82) is 0 Å². The van der Waals surface area contributed by atoms with Crippen molar-refractivity contribution in [2.75, 3.05) is 20.2 Å². The highest BCUT2D eigenvalue weighted by molar-refractivity contribution is 5.97. The monoisotopic (exact) mass is 324 g/mol. The maximum absolute atomic E-state index is 12.5. The average molecular weight is 324 g/mol. The summed E-state index contributed by atoms with van der Waals surface area (Å²) in [4.78, 5) is 18.2. The second-order valence-electron chi connectivity index (χ2n) is 5.63. The lowest BCUT2D eigenvalue weighted by Crippen LogP contribution is -2.56. The van der Waals surface area contributed by atoms with Gasteiger partial charge in [-0.1, -0.05) is 12.1 Å². The van der Waals surface area contributed by atoms with Gasteiger partial charge in [-0.05, 0) is 24.3 Å². The zero-order chi connectivity index (χ0) is 16.5. The number of hydrogen-bond donors (Lipinski definition) is 0. The summed E-state index contributed by atoms with van der Waals surface area (Å²) in [5.74, 6) is 1.50. The number of likely N-dealkylation sites (tertiary alicyclic amines) is 1. The number of aromatic nitrogens is 1. The first-order valence-electron chi connectivity index (χ1n) is 7.67. The number of rotatable bonds is 4. The van der Waals surface area contributed by atoms with Gasteiger partial charge in [-0.25, -0.2) is 0 Å². The molecule has 0 N–H and O–H groups in total. The van der Waals surface area contributed by atoms with Crippen molar-refractivity contribution in [1.82, 2.24) is 9.88 Å². The minimum atomic E-state index is -0.140. The number of carbonyl (C=O) groups excluding carboxylic acids is 1. The van der Waals surface area contributed by atoms with E-state index in [0.29, 0.717) is 35.9 Å². The number of carbonyl (C=O) groups is 1. The van der Waals surface area contributed by atoms with E-state index in [1.807, 2.05) is 30.3 Å². The van der Waals surface area contributed by atoms with Crippen molar-refractivity contribution in [3.05, 3.63) is 54.6 Å². The number of amides is 1. The van der Waals surface area contributed by atoms with Gasteiger partial charge in [-0.2, -0.15) is 0 Å². The second kappa shape index (κ2) is 5.88. The summed E-state index contributed by atoms with van der Waals surface area (Å²) in [6, 6.07) is 11.0. The van der Waals surface area contributed by atoms with Crippen molar-refractivity contribution in [3.63, 3.8) is 0 Å². The third-order valence-corrected chi connectivity index (χ3v) is 4.01. The van der Waals surface area contributed by atoms with Gasteiger partial charge in [0.1, 0.15) is 11.9 Å². The molecule has 1 amide bonds. The molecule has 122 valence electrons. The molecule has 3 aromatic rings. The summed E-state index contributed by atoms with van der Waals surface area (Å²) in [5.41, 5.74) is 0.590. The number of furan rings is 1. The largest absolute Gasteiger partial charge is 0.493 e. The second-order valence-corrected chi connectivity index (χ2v) is 5.63. The summed E-state index contributed by atoms with van der Waals surface area (Å²) in [5, 5.41) is 0.849. The van der Waals surface area contributed by atoms with E-state index in [1.54, 1.807) is 30.5 Å². The van der Waals surface area contributed by atoms with Crippen LogP contribution >= 0.6 is 0 Å². The first-order valence-corrected chi connectivity index (χ1v) is 7.67. The van der Waals surface area contributed by atoms with Crippen LogP contribution in [0.4, 0.5) is 0 Å². The Morgan fingerprint density at radius 1 is 1.29 bits per heavy atom. The van der Waals surface area contributed by atoms with Crippen LogP contribution in [0, 0.1) is 0 Å². The molecular formula is C18H16N2O4. The molecule has 1 saturated heterocycles. The molecule has 1 aliphatic heterocycles. The zero-order valence-electron chi connectivity index (χ0n) is 13.1. The van der Waals surface area contributed by atoms with E-state index in [-0.39, 0.29) is 12.0 Å². The summed E-state index contributed by atoms with van der Waals surface area (Å²) in [7, 11) is 1.58. The first kappa shape index (κ1) is 14.6. The molecular weight excluding hydrogens is 308 g/mol. The van der Waals surface area contributed by atoms with E-state index in [4.69, 9.17) is 13.9 Å². The fourth-order valence-electron chi connectivity index (χ4n) is 2.75. The molecule has 0 spiro atoms. The zero-order valence-corrected chi connectivity index (χ0v) is 13.1. The Bertz CT molecular complexity index is 869. The van der Waals surface area contributed by atoms with Crippen molar-refractivity contribution >= 4 is 16.9 Å². The molecule has 3 heterocycles. The van der Waals surface area contributed by atoms with Crippen LogP contribution in [0.25, 0.3) is 11.0 Å². The number of nitrogens with zero attached hydrogens (tertiary/aromatic N) is 2. The number of methoxy groups -OCH3 is 1. The van der Waals surface area contributed by atoms with E-state index in [0.717, 1.165) is 5.39 Å². The van der Waals surface area contributed by atoms with Crippen LogP contribution in [0.15, 0.2) is 53.2 Å². The third-order valence-electron chi connectivity index (χ3n) is 4.01. The van der Waals surface area contributed by atoms with Crippen molar-refractivity contribution in [2.45, 2.75) is 6.10 Å². The maximum atomic E-state index is 12.5. The highest BCUT2D eigenvalue weighted by Gasteiger charge is 2.34. The van der Waals surface area contributed by atoms with Crippen molar-refractivity contribution < 1.29 is 18.7 Å². The molecule has 2 aromatic heterocycles. The van der Waals surface area contributed by atoms with Crippen molar-refractivity contribution in [3.8, 4) is 11.5 Å². The Morgan fingerprint density at radius 3 is 2.92 bits per heavy atom. The van der Waals surface area contributed by atoms with Gasteiger partial charge >= 0.3 is 0 Å². The number of benzene rings is 1. The number of hydrogen-bond acceptors (Lipinski definition) is 5. The van der Waals surface area contributed by atoms with Crippen LogP contribution in [0.1, 0.15) is 10.6 Å². The molecule has 1 aliphatic rings. The minimum Gasteiger partial charge on any atom is -0.493 e. The minimum absolute atomic E-state index is 0.0166. The summed E-state index contributed by atoms with van der Waals surface area (Å²) >= 11 is 0. The molecule has 4 rings (SSSR count). The van der Waals surface area contributed by atoms with Crippen LogP contribution in [-0.2, 0) is 0 Å². The predicted molar refractivity (Wildman–Crippen MR) is 87.3 cm³/mol. The van der Waals surface area contributed by atoms with Crippen LogP contribution < -0.4 is 9.47 Å². The standard InChI is InChI=1S/C18H16N2O4/c1-22-15-6-2-4-12-8-16(24-17(12)15)18(21)20-10-14(11-20)23-13-5-3-7-19-9-13/h2-9,14H,10-11H2,1H3. The van der Waals surface area contributed by atoms with Crippen molar-refractivity contribution in [2.24, 2.45) is 0 Å². The van der Waals surface area contributed by atoms with Crippen LogP contribution in [0.5, 0.6) is 11.5 Å². The Hall–Kier alpha value is -3.02. The third kappa shape index (κ3) is 2.56. The van der Waals surface area contributed by atoms with E-state index < -0.39 is 0 Å². The van der Waals surface area contributed by atoms with Crippen LogP contribution in [-0.4, -0.2) is 42.1 Å². The average Bonchev–Trinajstić information content (AvgIpc) is 3.02. The number of ether oxygens (including phenoxy) is 2. The molecule has 1 fully saturated rings. The molecule has 0 aliphatic carbocycles. The van der Waals surface area contributed by atoms with Crippen LogP contribution in [0.2, 0.25) is 0 Å². The highest BCUT2D eigenvalue weighted by atomic mass is 16.5. The number of pyridine rings is 1. The summed E-state index contributed by atoms with van der Waals surface area (Å²) in [6.07, 6.45) is 3.34. The van der Waals surface area contributed by atoms with Gasteiger partial charge in [0.05, 0.1) is 26.4 Å². The Balaban J connectivity index is 1.44. The molecule has 0 radical (unpaired) electrons. The molecule has 24 heavy (non-hydrogen) atoms. The highest BCUT2D eigenvalue weighted by Crippen LogP contribution is 2.29. The van der Waals surface area contributed by atoms with E-state index in [2.05, 4.69) is 4.98 Å². The lowest BCUT2D eigenvalue weighted by atomic mass is 10.1. The van der Waals surface area contributed by atoms with Gasteiger partial charge in [0.25, 0.3) is 5.91 Å². The molecule has 6 heteroatoms. The molecule has 1 aromatic carbocycles. The van der Waals surface area contributed by atoms with Gasteiger partial charge in [-0.3, -0.25) is 9.78 Å². The Kier molecular flexibility index (Phi) is 3.57. The first-order chi connectivity index (χ1) is 11.7. The molecule has 0 unspecified atom stereocenters. The summed E-state index contributed by atoms with van der Waals surface area (Å²) < 4.78 is 16.7. The normalized spacial score (nSPS) is 14.5. The smallest absolute Gasteiger partial charge is 0.289 e. The fraction of sp³-hybridized carbons (Fsp3) is 0.222.